The molecule has 192 valence electrons. The van der Waals surface area contributed by atoms with Gasteiger partial charge in [0, 0.05) is 58.7 Å². The van der Waals surface area contributed by atoms with Crippen LogP contribution in [0.5, 0.6) is 0 Å². The molecule has 0 aliphatic rings. The van der Waals surface area contributed by atoms with Gasteiger partial charge < -0.3 is 20.1 Å². The Bertz CT molecular complexity index is 1680. The van der Waals surface area contributed by atoms with Crippen molar-refractivity contribution in [2.24, 2.45) is 4.99 Å². The highest BCUT2D eigenvalue weighted by molar-refractivity contribution is 6.00. The molecule has 0 radical (unpaired) electrons. The molecule has 4 heterocycles. The summed E-state index contributed by atoms with van der Waals surface area (Å²) in [5.41, 5.74) is 7.51. The fraction of sp³-hybridized carbons (Fsp3) is 0.179. The number of amides is 1. The van der Waals surface area contributed by atoms with Crippen molar-refractivity contribution in [1.29, 1.82) is 0 Å². The Morgan fingerprint density at radius 2 is 1.92 bits per heavy atom. The molecule has 0 spiro atoms. The molecule has 0 fully saturated rings. The smallest absolute Gasteiger partial charge is 0.238 e. The van der Waals surface area contributed by atoms with E-state index >= 15 is 0 Å². The molecule has 5 rings (SSSR count). The second-order valence-corrected chi connectivity index (χ2v) is 9.40. The summed E-state index contributed by atoms with van der Waals surface area (Å²) >= 11 is 0. The van der Waals surface area contributed by atoms with Crippen molar-refractivity contribution >= 4 is 45.9 Å². The Morgan fingerprint density at radius 1 is 1.11 bits per heavy atom. The summed E-state index contributed by atoms with van der Waals surface area (Å²) in [5, 5.41) is 12.4. The number of aromatic nitrogens is 5. The summed E-state index contributed by atoms with van der Waals surface area (Å²) in [5.74, 6) is -0.102. The van der Waals surface area contributed by atoms with Crippen LogP contribution in [0.25, 0.3) is 44.5 Å². The summed E-state index contributed by atoms with van der Waals surface area (Å²) < 4.78 is 0. The fourth-order valence-corrected chi connectivity index (χ4v) is 4.39. The number of nitrogens with one attached hydrogen (secondary N) is 3. The predicted octanol–water partition coefficient (Wildman–Crippen LogP) is 4.67. The van der Waals surface area contributed by atoms with Gasteiger partial charge in [0.2, 0.25) is 5.91 Å². The van der Waals surface area contributed by atoms with Crippen molar-refractivity contribution < 1.29 is 4.79 Å². The van der Waals surface area contributed by atoms with Crippen LogP contribution < -0.4 is 10.2 Å². The fourth-order valence-electron chi connectivity index (χ4n) is 4.39. The van der Waals surface area contributed by atoms with E-state index < -0.39 is 0 Å². The number of pyridine rings is 2. The van der Waals surface area contributed by atoms with Gasteiger partial charge in [0.1, 0.15) is 5.69 Å². The second-order valence-electron chi connectivity index (χ2n) is 9.40. The van der Waals surface area contributed by atoms with E-state index in [2.05, 4.69) is 54.3 Å². The van der Waals surface area contributed by atoms with Gasteiger partial charge >= 0.3 is 0 Å². The predicted molar refractivity (Wildman–Crippen MR) is 153 cm³/mol. The van der Waals surface area contributed by atoms with Gasteiger partial charge in [0.05, 0.1) is 29.8 Å². The lowest BCUT2D eigenvalue weighted by Gasteiger charge is -2.15. The highest BCUT2D eigenvalue weighted by Crippen LogP contribution is 2.34. The minimum Gasteiger partial charge on any atom is -0.353 e. The zero-order chi connectivity index (χ0) is 26.8. The highest BCUT2D eigenvalue weighted by atomic mass is 16.2. The Morgan fingerprint density at radius 3 is 2.71 bits per heavy atom. The molecule has 10 heteroatoms. The van der Waals surface area contributed by atoms with Gasteiger partial charge in [-0.15, -0.1) is 0 Å². The third-order valence-electron chi connectivity index (χ3n) is 6.14. The Labute approximate surface area is 220 Å². The summed E-state index contributed by atoms with van der Waals surface area (Å²) in [7, 11) is 5.69. The van der Waals surface area contributed by atoms with Crippen LogP contribution in [0.1, 0.15) is 6.92 Å². The number of aromatic amines is 2. The van der Waals surface area contributed by atoms with Gasteiger partial charge in [-0.3, -0.25) is 19.9 Å². The van der Waals surface area contributed by atoms with Crippen LogP contribution in [0.15, 0.2) is 71.9 Å². The zero-order valence-electron chi connectivity index (χ0n) is 21.8. The number of aliphatic imine (C=N–C) groups is 1. The van der Waals surface area contributed by atoms with Crippen LogP contribution in [0.3, 0.4) is 0 Å². The van der Waals surface area contributed by atoms with E-state index in [0.717, 1.165) is 50.2 Å². The van der Waals surface area contributed by atoms with Crippen molar-refractivity contribution in [3.8, 4) is 22.5 Å². The minimum absolute atomic E-state index is 0.102. The third-order valence-corrected chi connectivity index (χ3v) is 6.14. The number of rotatable bonds is 8. The Kier molecular flexibility index (Phi) is 6.71. The third kappa shape index (κ3) is 5.02. The molecule has 4 aromatic heterocycles. The van der Waals surface area contributed by atoms with Gasteiger partial charge in [-0.1, -0.05) is 6.07 Å². The largest absolute Gasteiger partial charge is 0.353 e. The minimum atomic E-state index is -0.102. The first-order valence-electron chi connectivity index (χ1n) is 12.1. The molecule has 0 bridgehead atoms. The number of anilines is 2. The molecule has 10 nitrogen and oxygen atoms in total. The number of likely N-dealkylation sites (N-methyl/N-ethyl adjacent to an activating group) is 1. The first kappa shape index (κ1) is 24.8. The Balaban J connectivity index is 1.51. The Hall–Kier alpha value is -4.83. The zero-order valence-corrected chi connectivity index (χ0v) is 21.8. The van der Waals surface area contributed by atoms with Crippen LogP contribution in [0.4, 0.5) is 11.4 Å². The van der Waals surface area contributed by atoms with Crippen molar-refractivity contribution in [2.75, 3.05) is 37.9 Å². The van der Waals surface area contributed by atoms with E-state index in [1.54, 1.807) is 18.6 Å². The number of allylic oxidation sites excluding steroid dienone is 1. The van der Waals surface area contributed by atoms with E-state index in [4.69, 9.17) is 0 Å². The average Bonchev–Trinajstić information content (AvgIpc) is 3.51. The molecule has 0 saturated heterocycles. The molecule has 5 aromatic rings. The SMILES string of the molecule is C=N/C(C)=C\N(C)c1cccc2[nH]c(-c3n[nH]c4ncc(-c5cncc(NC(=O)CN(C)C)c5)cc34)cc12. The normalized spacial score (nSPS) is 11.9. The maximum atomic E-state index is 12.2. The first-order chi connectivity index (χ1) is 18.3. The second kappa shape index (κ2) is 10.3. The summed E-state index contributed by atoms with van der Waals surface area (Å²) in [6, 6.07) is 12.1. The number of H-pyrrole nitrogens is 2. The summed E-state index contributed by atoms with van der Waals surface area (Å²) in [6.45, 7) is 5.80. The number of carbonyl (C=O) groups is 1. The quantitative estimate of drug-likeness (QED) is 0.263. The topological polar surface area (TPSA) is 118 Å². The summed E-state index contributed by atoms with van der Waals surface area (Å²) in [6.07, 6.45) is 7.10. The van der Waals surface area contributed by atoms with Gasteiger partial charge in [-0.2, -0.15) is 5.10 Å². The van der Waals surface area contributed by atoms with Crippen LogP contribution in [-0.2, 0) is 4.79 Å². The average molecular weight is 508 g/mol. The van der Waals surface area contributed by atoms with Crippen LogP contribution in [0.2, 0.25) is 0 Å². The van der Waals surface area contributed by atoms with E-state index in [0.29, 0.717) is 17.9 Å². The lowest BCUT2D eigenvalue weighted by atomic mass is 10.1. The molecular weight excluding hydrogens is 478 g/mol. The molecule has 0 saturated carbocycles. The number of hydrogen-bond donors (Lipinski definition) is 3. The molecule has 0 atom stereocenters. The lowest BCUT2D eigenvalue weighted by molar-refractivity contribution is -0.116. The van der Waals surface area contributed by atoms with Crippen molar-refractivity contribution in [1.82, 2.24) is 30.0 Å². The monoisotopic (exact) mass is 507 g/mol. The molecule has 0 unspecified atom stereocenters. The van der Waals surface area contributed by atoms with Gasteiger partial charge in [0.15, 0.2) is 5.65 Å². The molecule has 38 heavy (non-hydrogen) atoms. The number of benzene rings is 1. The molecule has 0 aliphatic carbocycles. The van der Waals surface area contributed by atoms with E-state index in [1.165, 1.54) is 0 Å². The van der Waals surface area contributed by atoms with Crippen LogP contribution >= 0.6 is 0 Å². The van der Waals surface area contributed by atoms with E-state index in [-0.39, 0.29) is 5.91 Å². The van der Waals surface area contributed by atoms with Gasteiger partial charge in [-0.25, -0.2) is 4.98 Å². The van der Waals surface area contributed by atoms with E-state index in [9.17, 15) is 4.79 Å². The number of carbonyl (C=O) groups excluding carboxylic acids is 1. The van der Waals surface area contributed by atoms with Crippen molar-refractivity contribution in [2.45, 2.75) is 6.92 Å². The number of hydrogen-bond acceptors (Lipinski definition) is 7. The molecule has 1 amide bonds. The molecule has 1 aromatic carbocycles. The maximum absolute atomic E-state index is 12.2. The lowest BCUT2D eigenvalue weighted by Crippen LogP contribution is -2.27. The summed E-state index contributed by atoms with van der Waals surface area (Å²) in [4.78, 5) is 32.4. The van der Waals surface area contributed by atoms with Crippen molar-refractivity contribution in [3.63, 3.8) is 0 Å². The maximum Gasteiger partial charge on any atom is 0.238 e. The van der Waals surface area contributed by atoms with Crippen LogP contribution in [-0.4, -0.2) is 70.4 Å². The van der Waals surface area contributed by atoms with E-state index in [1.807, 2.05) is 68.3 Å². The van der Waals surface area contributed by atoms with Crippen molar-refractivity contribution in [3.05, 3.63) is 66.9 Å². The highest BCUT2D eigenvalue weighted by Gasteiger charge is 2.16. The van der Waals surface area contributed by atoms with Gasteiger partial charge in [-0.05, 0) is 58.1 Å². The van der Waals surface area contributed by atoms with Crippen LogP contribution in [0, 0.1) is 0 Å². The molecule has 3 N–H and O–H groups in total. The molecule has 0 aliphatic heterocycles. The van der Waals surface area contributed by atoms with Gasteiger partial charge in [0.25, 0.3) is 0 Å². The number of fused-ring (bicyclic) bond motifs is 2. The molecular formula is C28H29N9O. The number of nitrogens with zero attached hydrogens (tertiary/aromatic N) is 6. The standard InChI is InChI=1S/C28H29N9O/c1-17(29-2)15-37(5)25-8-6-7-23-21(25)11-24(33-23)27-22-10-19(13-31-28(22)35-34-27)18-9-20(14-30-12-18)32-26(38)16-36(3)4/h6-15,33H,2,16H2,1,3-5H3,(H,32,38)(H,31,34,35)/b17-15-. The first-order valence-corrected chi connectivity index (χ1v) is 12.1.